The minimum absolute atomic E-state index is 0.0776. The molecule has 1 saturated heterocycles. The molecule has 0 aromatic heterocycles. The lowest BCUT2D eigenvalue weighted by Gasteiger charge is -2.23. The zero-order valence-electron chi connectivity index (χ0n) is 8.77. The van der Waals surface area contributed by atoms with Crippen molar-refractivity contribution < 1.29 is 13.2 Å². The Hall–Kier alpha value is -0.640. The monoisotopic (exact) mass is 232 g/mol. The number of sulfonamides is 1. The second kappa shape index (κ2) is 5.45. The first kappa shape index (κ1) is 12.4. The van der Waals surface area contributed by atoms with Gasteiger partial charge in [0.15, 0.2) is 5.25 Å². The van der Waals surface area contributed by atoms with E-state index in [0.29, 0.717) is 32.5 Å². The van der Waals surface area contributed by atoms with Gasteiger partial charge in [0, 0.05) is 19.3 Å². The first-order valence-electron chi connectivity index (χ1n) is 5.08. The van der Waals surface area contributed by atoms with Gasteiger partial charge in [-0.3, -0.25) is 0 Å². The number of rotatable bonds is 4. The van der Waals surface area contributed by atoms with Crippen molar-refractivity contribution in [2.75, 3.05) is 13.2 Å². The smallest absolute Gasteiger partial charge is 0.228 e. The second-order valence-electron chi connectivity index (χ2n) is 3.58. The van der Waals surface area contributed by atoms with Crippen molar-refractivity contribution >= 4 is 10.0 Å². The van der Waals surface area contributed by atoms with Crippen LogP contribution in [0.4, 0.5) is 0 Å². The maximum absolute atomic E-state index is 11.7. The van der Waals surface area contributed by atoms with Crippen molar-refractivity contribution in [1.82, 2.24) is 4.72 Å². The molecule has 1 N–H and O–H groups in total. The van der Waals surface area contributed by atoms with Crippen LogP contribution in [0.25, 0.3) is 0 Å². The quantitative estimate of drug-likeness (QED) is 0.760. The largest absolute Gasteiger partial charge is 0.381 e. The Morgan fingerprint density at radius 3 is 2.60 bits per heavy atom. The third-order valence-electron chi connectivity index (χ3n) is 2.44. The molecule has 0 spiro atoms. The van der Waals surface area contributed by atoms with E-state index in [1.54, 1.807) is 13.0 Å². The fraction of sp³-hybridized carbons (Fsp3) is 0.889. The van der Waals surface area contributed by atoms with Crippen LogP contribution in [0.15, 0.2) is 0 Å². The maximum Gasteiger partial charge on any atom is 0.228 e. The van der Waals surface area contributed by atoms with Crippen LogP contribution < -0.4 is 4.72 Å². The molecule has 0 aromatic rings. The standard InChI is InChI=1S/C9H16N2O3S/c1-2-9(7-10)15(12,13)11-8-3-5-14-6-4-8/h8-9,11H,2-6H2,1H3. The molecule has 1 unspecified atom stereocenters. The molecule has 5 nitrogen and oxygen atoms in total. The average Bonchev–Trinajstić information content (AvgIpc) is 2.19. The summed E-state index contributed by atoms with van der Waals surface area (Å²) >= 11 is 0. The topological polar surface area (TPSA) is 79.2 Å². The van der Waals surface area contributed by atoms with Gasteiger partial charge in [0.05, 0.1) is 6.07 Å². The van der Waals surface area contributed by atoms with E-state index in [0.717, 1.165) is 0 Å². The van der Waals surface area contributed by atoms with E-state index >= 15 is 0 Å². The minimum atomic E-state index is -3.49. The summed E-state index contributed by atoms with van der Waals surface area (Å²) in [5, 5.41) is 7.75. The molecular weight excluding hydrogens is 216 g/mol. The SMILES string of the molecule is CCC(C#N)S(=O)(=O)NC1CCOCC1. The maximum atomic E-state index is 11.7. The Morgan fingerprint density at radius 2 is 2.13 bits per heavy atom. The zero-order valence-corrected chi connectivity index (χ0v) is 9.59. The van der Waals surface area contributed by atoms with Crippen molar-refractivity contribution in [3.63, 3.8) is 0 Å². The van der Waals surface area contributed by atoms with Gasteiger partial charge >= 0.3 is 0 Å². The van der Waals surface area contributed by atoms with E-state index in [-0.39, 0.29) is 6.04 Å². The molecule has 0 bridgehead atoms. The summed E-state index contributed by atoms with van der Waals surface area (Å²) < 4.78 is 31.1. The third-order valence-corrected chi connectivity index (χ3v) is 4.29. The Labute approximate surface area is 90.5 Å². The van der Waals surface area contributed by atoms with Crippen LogP contribution in [-0.2, 0) is 14.8 Å². The van der Waals surface area contributed by atoms with Crippen LogP contribution in [0.1, 0.15) is 26.2 Å². The molecule has 0 amide bonds. The van der Waals surface area contributed by atoms with Crippen molar-refractivity contribution in [1.29, 1.82) is 5.26 Å². The summed E-state index contributed by atoms with van der Waals surface area (Å²) in [5.41, 5.74) is 0. The number of hydrogen-bond acceptors (Lipinski definition) is 4. The highest BCUT2D eigenvalue weighted by Gasteiger charge is 2.27. The minimum Gasteiger partial charge on any atom is -0.381 e. The lowest BCUT2D eigenvalue weighted by molar-refractivity contribution is 0.0832. The summed E-state index contributed by atoms with van der Waals surface area (Å²) in [5.74, 6) is 0. The van der Waals surface area contributed by atoms with Gasteiger partial charge in [-0.05, 0) is 19.3 Å². The average molecular weight is 232 g/mol. The summed E-state index contributed by atoms with van der Waals surface area (Å²) in [6, 6.07) is 1.72. The predicted octanol–water partition coefficient (Wildman–Crippen LogP) is 0.387. The van der Waals surface area contributed by atoms with Gasteiger partial charge in [0.1, 0.15) is 0 Å². The fourth-order valence-electron chi connectivity index (χ4n) is 1.51. The summed E-state index contributed by atoms with van der Waals surface area (Å²) in [6.07, 6.45) is 1.68. The molecule has 1 rings (SSSR count). The van der Waals surface area contributed by atoms with Crippen LogP contribution >= 0.6 is 0 Å². The van der Waals surface area contributed by atoms with E-state index in [4.69, 9.17) is 10.00 Å². The summed E-state index contributed by atoms with van der Waals surface area (Å²) in [6.45, 7) is 2.85. The van der Waals surface area contributed by atoms with Gasteiger partial charge in [-0.2, -0.15) is 5.26 Å². The highest BCUT2D eigenvalue weighted by atomic mass is 32.2. The molecule has 0 radical (unpaired) electrons. The van der Waals surface area contributed by atoms with E-state index in [2.05, 4.69) is 4.72 Å². The number of nitriles is 1. The molecule has 1 aliphatic heterocycles. The van der Waals surface area contributed by atoms with Gasteiger partial charge in [-0.1, -0.05) is 6.92 Å². The lowest BCUT2D eigenvalue weighted by Crippen LogP contribution is -2.43. The lowest BCUT2D eigenvalue weighted by atomic mass is 10.1. The highest BCUT2D eigenvalue weighted by Crippen LogP contribution is 2.10. The van der Waals surface area contributed by atoms with Crippen molar-refractivity contribution in [2.45, 2.75) is 37.5 Å². The molecule has 1 fully saturated rings. The number of hydrogen-bond donors (Lipinski definition) is 1. The van der Waals surface area contributed by atoms with Crippen LogP contribution in [0.5, 0.6) is 0 Å². The van der Waals surface area contributed by atoms with Crippen LogP contribution in [0.2, 0.25) is 0 Å². The van der Waals surface area contributed by atoms with Gasteiger partial charge in [0.25, 0.3) is 0 Å². The Bertz CT molecular complexity index is 328. The fourth-order valence-corrected chi connectivity index (χ4v) is 2.95. The van der Waals surface area contributed by atoms with Gasteiger partial charge in [0.2, 0.25) is 10.0 Å². The molecule has 0 aliphatic carbocycles. The first-order chi connectivity index (χ1) is 7.10. The number of nitrogens with one attached hydrogen (secondary N) is 1. The van der Waals surface area contributed by atoms with Gasteiger partial charge < -0.3 is 4.74 Å². The van der Waals surface area contributed by atoms with Crippen molar-refractivity contribution in [2.24, 2.45) is 0 Å². The van der Waals surface area contributed by atoms with Gasteiger partial charge in [-0.15, -0.1) is 0 Å². The summed E-state index contributed by atoms with van der Waals surface area (Å²) in [7, 11) is -3.49. The predicted molar refractivity (Wildman–Crippen MR) is 55.6 cm³/mol. The molecule has 6 heteroatoms. The van der Waals surface area contributed by atoms with Crippen molar-refractivity contribution in [3.05, 3.63) is 0 Å². The molecule has 1 aliphatic rings. The van der Waals surface area contributed by atoms with E-state index in [1.165, 1.54) is 0 Å². The number of nitrogens with zero attached hydrogens (tertiary/aromatic N) is 1. The Morgan fingerprint density at radius 1 is 1.53 bits per heavy atom. The molecule has 86 valence electrons. The van der Waals surface area contributed by atoms with E-state index in [9.17, 15) is 8.42 Å². The van der Waals surface area contributed by atoms with Crippen LogP contribution in [0, 0.1) is 11.3 Å². The van der Waals surface area contributed by atoms with E-state index in [1.807, 2.05) is 0 Å². The number of ether oxygens (including phenoxy) is 1. The molecule has 0 saturated carbocycles. The highest BCUT2D eigenvalue weighted by molar-refractivity contribution is 7.90. The molecule has 0 aromatic carbocycles. The zero-order chi connectivity index (χ0) is 11.3. The normalized spacial score (nSPS) is 20.8. The molecular formula is C9H16N2O3S. The molecule has 1 atom stereocenters. The van der Waals surface area contributed by atoms with Gasteiger partial charge in [-0.25, -0.2) is 13.1 Å². The second-order valence-corrected chi connectivity index (χ2v) is 5.47. The first-order valence-corrected chi connectivity index (χ1v) is 6.63. The Balaban J connectivity index is 2.59. The molecule has 1 heterocycles. The molecule has 15 heavy (non-hydrogen) atoms. The van der Waals surface area contributed by atoms with Crippen molar-refractivity contribution in [3.8, 4) is 6.07 Å². The summed E-state index contributed by atoms with van der Waals surface area (Å²) in [4.78, 5) is 0. The van der Waals surface area contributed by atoms with Crippen LogP contribution in [-0.4, -0.2) is 32.9 Å². The Kier molecular flexibility index (Phi) is 4.51. The third kappa shape index (κ3) is 3.45. The van der Waals surface area contributed by atoms with Crippen LogP contribution in [0.3, 0.4) is 0 Å². The van der Waals surface area contributed by atoms with E-state index < -0.39 is 15.3 Å².